The van der Waals surface area contributed by atoms with E-state index in [0.29, 0.717) is 18.5 Å². The van der Waals surface area contributed by atoms with Crippen LogP contribution < -0.4 is 5.32 Å². The number of hydrogen-bond donors (Lipinski definition) is 2. The van der Waals surface area contributed by atoms with Gasteiger partial charge in [0, 0.05) is 13.6 Å². The highest BCUT2D eigenvalue weighted by Crippen LogP contribution is 2.10. The predicted octanol–water partition coefficient (Wildman–Crippen LogP) is 0.994. The fourth-order valence-electron chi connectivity index (χ4n) is 1.80. The monoisotopic (exact) mass is 264 g/mol. The predicted molar refractivity (Wildman–Crippen MR) is 73.3 cm³/mol. The molecule has 0 aliphatic heterocycles. The Balaban J connectivity index is 2.67. The first-order valence-corrected chi connectivity index (χ1v) is 6.20. The first kappa shape index (κ1) is 15.2. The van der Waals surface area contributed by atoms with E-state index in [1.165, 1.54) is 0 Å². The summed E-state index contributed by atoms with van der Waals surface area (Å²) in [7, 11) is 3.45. The number of amides is 1. The van der Waals surface area contributed by atoms with Gasteiger partial charge in [0.1, 0.15) is 0 Å². The number of rotatable bonds is 6. The lowest BCUT2D eigenvalue weighted by atomic mass is 10.0. The average Bonchev–Trinajstić information content (AvgIpc) is 2.43. The van der Waals surface area contributed by atoms with Crippen LogP contribution >= 0.6 is 0 Å². The number of carboxylic acid groups (broad SMARTS) is 1. The molecule has 2 N–H and O–H groups in total. The van der Waals surface area contributed by atoms with Gasteiger partial charge in [-0.15, -0.1) is 0 Å². The fraction of sp³-hybridized carbons (Fsp3) is 0.429. The Morgan fingerprint density at radius 2 is 2.00 bits per heavy atom. The molecule has 0 aliphatic rings. The number of nitrogens with zero attached hydrogens (tertiary/aromatic N) is 1. The van der Waals surface area contributed by atoms with E-state index < -0.39 is 5.97 Å². The van der Waals surface area contributed by atoms with Gasteiger partial charge in [0.15, 0.2) is 0 Å². The normalized spacial score (nSPS) is 11.9. The van der Waals surface area contributed by atoms with Crippen molar-refractivity contribution in [3.8, 4) is 0 Å². The van der Waals surface area contributed by atoms with E-state index in [4.69, 9.17) is 5.11 Å². The number of carbonyl (C=O) groups is 2. The van der Waals surface area contributed by atoms with Crippen LogP contribution in [0.5, 0.6) is 0 Å². The van der Waals surface area contributed by atoms with Gasteiger partial charge in [0.05, 0.1) is 11.6 Å². The average molecular weight is 264 g/mol. The molecule has 0 radical (unpaired) electrons. The molecule has 0 aromatic heterocycles. The van der Waals surface area contributed by atoms with Crippen LogP contribution in [0.2, 0.25) is 0 Å². The molecule has 0 bridgehead atoms. The molecule has 1 unspecified atom stereocenters. The van der Waals surface area contributed by atoms with Crippen molar-refractivity contribution in [2.45, 2.75) is 19.4 Å². The number of benzene rings is 1. The van der Waals surface area contributed by atoms with E-state index in [1.54, 1.807) is 50.2 Å². The van der Waals surface area contributed by atoms with Gasteiger partial charge in [0.2, 0.25) is 5.91 Å². The Morgan fingerprint density at radius 1 is 1.37 bits per heavy atom. The lowest BCUT2D eigenvalue weighted by Gasteiger charge is -2.21. The van der Waals surface area contributed by atoms with Gasteiger partial charge < -0.3 is 15.3 Å². The standard InChI is InChI=1S/C14H20N2O3/c1-10(15-2)13(17)16(3)9-8-11-6-4-5-7-12(11)14(18)19/h4-7,10,15H,8-9H2,1-3H3,(H,18,19). The van der Waals surface area contributed by atoms with Gasteiger partial charge in [-0.05, 0) is 32.0 Å². The summed E-state index contributed by atoms with van der Waals surface area (Å²) < 4.78 is 0. The zero-order valence-electron chi connectivity index (χ0n) is 11.5. The van der Waals surface area contributed by atoms with Gasteiger partial charge in [-0.2, -0.15) is 0 Å². The highest BCUT2D eigenvalue weighted by atomic mass is 16.4. The molecule has 1 aromatic carbocycles. The number of carbonyl (C=O) groups excluding carboxylic acids is 1. The number of likely N-dealkylation sites (N-methyl/N-ethyl adjacent to an activating group) is 2. The zero-order valence-corrected chi connectivity index (χ0v) is 11.5. The highest BCUT2D eigenvalue weighted by Gasteiger charge is 2.16. The van der Waals surface area contributed by atoms with Crippen LogP contribution in [0.1, 0.15) is 22.8 Å². The van der Waals surface area contributed by atoms with E-state index in [2.05, 4.69) is 5.32 Å². The molecule has 0 aliphatic carbocycles. The van der Waals surface area contributed by atoms with E-state index in [9.17, 15) is 9.59 Å². The SMILES string of the molecule is CNC(C)C(=O)N(C)CCc1ccccc1C(=O)O. The molecule has 104 valence electrons. The number of carboxylic acids is 1. The van der Waals surface area contributed by atoms with Crippen molar-refractivity contribution in [1.82, 2.24) is 10.2 Å². The smallest absolute Gasteiger partial charge is 0.335 e. The molecule has 0 spiro atoms. The lowest BCUT2D eigenvalue weighted by Crippen LogP contribution is -2.42. The van der Waals surface area contributed by atoms with Crippen LogP contribution in [-0.4, -0.2) is 48.6 Å². The molecule has 1 aromatic rings. The lowest BCUT2D eigenvalue weighted by molar-refractivity contribution is -0.131. The third-order valence-corrected chi connectivity index (χ3v) is 3.14. The van der Waals surface area contributed by atoms with E-state index in [1.807, 2.05) is 0 Å². The van der Waals surface area contributed by atoms with Crippen LogP contribution in [-0.2, 0) is 11.2 Å². The molecule has 1 atom stereocenters. The van der Waals surface area contributed by atoms with E-state index in [-0.39, 0.29) is 11.9 Å². The number of nitrogens with one attached hydrogen (secondary N) is 1. The van der Waals surface area contributed by atoms with Gasteiger partial charge in [0.25, 0.3) is 0 Å². The second-order valence-corrected chi connectivity index (χ2v) is 4.48. The minimum Gasteiger partial charge on any atom is -0.478 e. The zero-order chi connectivity index (χ0) is 14.4. The van der Waals surface area contributed by atoms with E-state index in [0.717, 1.165) is 5.56 Å². The van der Waals surface area contributed by atoms with Crippen molar-refractivity contribution in [2.24, 2.45) is 0 Å². The molecule has 1 rings (SSSR count). The summed E-state index contributed by atoms with van der Waals surface area (Å²) in [5.41, 5.74) is 1.04. The Hall–Kier alpha value is -1.88. The van der Waals surface area contributed by atoms with Gasteiger partial charge >= 0.3 is 5.97 Å². The van der Waals surface area contributed by atoms with Gasteiger partial charge in [-0.3, -0.25) is 4.79 Å². The Bertz CT molecular complexity index is 460. The summed E-state index contributed by atoms with van der Waals surface area (Å²) in [5.74, 6) is -0.941. The van der Waals surface area contributed by atoms with Gasteiger partial charge in [-0.1, -0.05) is 18.2 Å². The van der Waals surface area contributed by atoms with Crippen molar-refractivity contribution in [3.63, 3.8) is 0 Å². The quantitative estimate of drug-likeness (QED) is 0.804. The maximum absolute atomic E-state index is 11.9. The second-order valence-electron chi connectivity index (χ2n) is 4.48. The molecule has 0 fully saturated rings. The number of hydrogen-bond acceptors (Lipinski definition) is 3. The van der Waals surface area contributed by atoms with Crippen molar-refractivity contribution < 1.29 is 14.7 Å². The van der Waals surface area contributed by atoms with Gasteiger partial charge in [-0.25, -0.2) is 4.79 Å². The molecule has 0 heterocycles. The Kier molecular flexibility index (Phi) is 5.51. The molecular weight excluding hydrogens is 244 g/mol. The van der Waals surface area contributed by atoms with Crippen LogP contribution in [0.3, 0.4) is 0 Å². The third-order valence-electron chi connectivity index (χ3n) is 3.14. The minimum atomic E-state index is -0.937. The summed E-state index contributed by atoms with van der Waals surface area (Å²) in [5, 5.41) is 12.0. The Labute approximate surface area is 113 Å². The van der Waals surface area contributed by atoms with Crippen molar-refractivity contribution in [2.75, 3.05) is 20.6 Å². The molecule has 19 heavy (non-hydrogen) atoms. The first-order valence-electron chi connectivity index (χ1n) is 6.20. The largest absolute Gasteiger partial charge is 0.478 e. The van der Waals surface area contributed by atoms with Crippen molar-refractivity contribution in [1.29, 1.82) is 0 Å². The van der Waals surface area contributed by atoms with Crippen LogP contribution in [0.4, 0.5) is 0 Å². The maximum atomic E-state index is 11.9. The number of aromatic carboxylic acids is 1. The summed E-state index contributed by atoms with van der Waals surface area (Å²) in [6, 6.07) is 6.63. The maximum Gasteiger partial charge on any atom is 0.335 e. The van der Waals surface area contributed by atoms with Crippen LogP contribution in [0.15, 0.2) is 24.3 Å². The van der Waals surface area contributed by atoms with Crippen molar-refractivity contribution in [3.05, 3.63) is 35.4 Å². The van der Waals surface area contributed by atoms with Crippen molar-refractivity contribution >= 4 is 11.9 Å². The fourth-order valence-corrected chi connectivity index (χ4v) is 1.80. The summed E-state index contributed by atoms with van der Waals surface area (Å²) in [6.07, 6.45) is 0.529. The van der Waals surface area contributed by atoms with Crippen LogP contribution in [0, 0.1) is 0 Å². The van der Waals surface area contributed by atoms with E-state index >= 15 is 0 Å². The van der Waals surface area contributed by atoms with Crippen LogP contribution in [0.25, 0.3) is 0 Å². The Morgan fingerprint density at radius 3 is 2.58 bits per heavy atom. The third kappa shape index (κ3) is 4.06. The summed E-state index contributed by atoms with van der Waals surface area (Å²) >= 11 is 0. The summed E-state index contributed by atoms with van der Waals surface area (Å²) in [6.45, 7) is 2.29. The minimum absolute atomic E-state index is 0.00435. The second kappa shape index (κ2) is 6.89. The molecule has 0 saturated heterocycles. The molecular formula is C14H20N2O3. The molecule has 5 heteroatoms. The molecule has 1 amide bonds. The molecule has 0 saturated carbocycles. The molecule has 5 nitrogen and oxygen atoms in total. The first-order chi connectivity index (χ1) is 8.97. The topological polar surface area (TPSA) is 69.6 Å². The highest BCUT2D eigenvalue weighted by molar-refractivity contribution is 5.89. The summed E-state index contributed by atoms with van der Waals surface area (Å²) in [4.78, 5) is 24.5.